The summed E-state index contributed by atoms with van der Waals surface area (Å²) in [5.41, 5.74) is 2.87. The molecular formula is C23H31N2O4+. The molecule has 29 heavy (non-hydrogen) atoms. The molecule has 0 spiro atoms. The molecule has 0 aliphatic carbocycles. The Kier molecular flexibility index (Phi) is 7.49. The number of hydrogen-bond acceptors (Lipinski definition) is 4. The van der Waals surface area contributed by atoms with Crippen LogP contribution in [0.5, 0.6) is 11.5 Å². The number of benzene rings is 2. The van der Waals surface area contributed by atoms with E-state index in [-0.39, 0.29) is 11.9 Å². The summed E-state index contributed by atoms with van der Waals surface area (Å²) < 4.78 is 16.4. The SMILES string of the molecule is CCOc1ccc(C(=O)N[C@@H](C[NH+]2CCOCC2)c2ccc(C)cc2)cc1OC. The maximum Gasteiger partial charge on any atom is 0.252 e. The van der Waals surface area contributed by atoms with E-state index in [0.717, 1.165) is 38.4 Å². The van der Waals surface area contributed by atoms with Crippen molar-refractivity contribution in [2.45, 2.75) is 19.9 Å². The first-order valence-electron chi connectivity index (χ1n) is 10.2. The minimum Gasteiger partial charge on any atom is -0.493 e. The quantitative estimate of drug-likeness (QED) is 0.711. The van der Waals surface area contributed by atoms with Gasteiger partial charge < -0.3 is 24.4 Å². The molecule has 2 aromatic carbocycles. The van der Waals surface area contributed by atoms with Crippen molar-refractivity contribution in [1.29, 1.82) is 0 Å². The monoisotopic (exact) mass is 399 g/mol. The summed E-state index contributed by atoms with van der Waals surface area (Å²) in [7, 11) is 1.58. The van der Waals surface area contributed by atoms with Gasteiger partial charge in [-0.25, -0.2) is 0 Å². The summed E-state index contributed by atoms with van der Waals surface area (Å²) >= 11 is 0. The molecule has 0 saturated carbocycles. The number of ether oxygens (including phenoxy) is 3. The maximum absolute atomic E-state index is 13.0. The molecule has 1 aliphatic heterocycles. The Balaban J connectivity index is 1.78. The van der Waals surface area contributed by atoms with Crippen molar-refractivity contribution in [3.05, 3.63) is 59.2 Å². The molecule has 6 heteroatoms. The van der Waals surface area contributed by atoms with Crippen LogP contribution in [0.4, 0.5) is 0 Å². The minimum absolute atomic E-state index is 0.0752. The van der Waals surface area contributed by atoms with Gasteiger partial charge in [-0.1, -0.05) is 29.8 Å². The van der Waals surface area contributed by atoms with Gasteiger partial charge in [0.15, 0.2) is 11.5 Å². The number of hydrogen-bond donors (Lipinski definition) is 2. The van der Waals surface area contributed by atoms with Gasteiger partial charge in [-0.3, -0.25) is 4.79 Å². The third kappa shape index (κ3) is 5.71. The van der Waals surface area contributed by atoms with Crippen LogP contribution in [0.25, 0.3) is 0 Å². The molecule has 156 valence electrons. The molecule has 0 unspecified atom stereocenters. The molecule has 6 nitrogen and oxygen atoms in total. The number of nitrogens with one attached hydrogen (secondary N) is 2. The second kappa shape index (κ2) is 10.3. The van der Waals surface area contributed by atoms with Crippen molar-refractivity contribution in [1.82, 2.24) is 5.32 Å². The average Bonchev–Trinajstić information content (AvgIpc) is 2.75. The van der Waals surface area contributed by atoms with Crippen molar-refractivity contribution >= 4 is 5.91 Å². The highest BCUT2D eigenvalue weighted by Gasteiger charge is 2.24. The molecule has 1 heterocycles. The molecule has 2 aromatic rings. The Morgan fingerprint density at radius 2 is 1.86 bits per heavy atom. The van der Waals surface area contributed by atoms with Gasteiger partial charge in [0.2, 0.25) is 0 Å². The number of amides is 1. The Morgan fingerprint density at radius 1 is 1.14 bits per heavy atom. The highest BCUT2D eigenvalue weighted by atomic mass is 16.5. The second-order valence-corrected chi connectivity index (χ2v) is 7.30. The zero-order chi connectivity index (χ0) is 20.6. The molecule has 1 aliphatic rings. The fourth-order valence-corrected chi connectivity index (χ4v) is 3.53. The average molecular weight is 400 g/mol. The highest BCUT2D eigenvalue weighted by molar-refractivity contribution is 5.95. The van der Waals surface area contributed by atoms with Gasteiger partial charge in [0.1, 0.15) is 25.7 Å². The third-order valence-corrected chi connectivity index (χ3v) is 5.20. The molecule has 1 atom stereocenters. The van der Waals surface area contributed by atoms with Gasteiger partial charge in [0.05, 0.1) is 26.9 Å². The van der Waals surface area contributed by atoms with Crippen LogP contribution in [-0.4, -0.2) is 52.5 Å². The van der Waals surface area contributed by atoms with Crippen molar-refractivity contribution in [2.75, 3.05) is 46.6 Å². The number of aryl methyl sites for hydroxylation is 1. The lowest BCUT2D eigenvalue weighted by atomic mass is 10.0. The van der Waals surface area contributed by atoms with Crippen LogP contribution >= 0.6 is 0 Å². The number of rotatable bonds is 8. The second-order valence-electron chi connectivity index (χ2n) is 7.30. The number of carbonyl (C=O) groups is 1. The Morgan fingerprint density at radius 3 is 2.52 bits per heavy atom. The van der Waals surface area contributed by atoms with Crippen LogP contribution in [0.3, 0.4) is 0 Å². The number of quaternary nitrogens is 1. The molecular weight excluding hydrogens is 368 g/mol. The summed E-state index contributed by atoms with van der Waals surface area (Å²) in [4.78, 5) is 14.5. The summed E-state index contributed by atoms with van der Waals surface area (Å²) in [6, 6.07) is 13.6. The van der Waals surface area contributed by atoms with E-state index in [9.17, 15) is 4.79 Å². The van der Waals surface area contributed by atoms with Crippen LogP contribution < -0.4 is 19.7 Å². The van der Waals surface area contributed by atoms with Gasteiger partial charge in [0, 0.05) is 5.56 Å². The topological polar surface area (TPSA) is 61.2 Å². The van der Waals surface area contributed by atoms with Crippen LogP contribution in [0.2, 0.25) is 0 Å². The van der Waals surface area contributed by atoms with E-state index in [1.165, 1.54) is 10.5 Å². The lowest BCUT2D eigenvalue weighted by Crippen LogP contribution is -3.14. The van der Waals surface area contributed by atoms with Gasteiger partial charge in [-0.15, -0.1) is 0 Å². The lowest BCUT2D eigenvalue weighted by molar-refractivity contribution is -0.909. The fourth-order valence-electron chi connectivity index (χ4n) is 3.53. The molecule has 0 radical (unpaired) electrons. The van der Waals surface area contributed by atoms with Gasteiger partial charge in [0.25, 0.3) is 5.91 Å². The molecule has 1 fully saturated rings. The summed E-state index contributed by atoms with van der Waals surface area (Å²) in [6.45, 7) is 8.78. The molecule has 0 aromatic heterocycles. The standard InChI is InChI=1S/C23H30N2O4/c1-4-29-21-10-9-19(15-22(21)27-3)23(26)24-20(16-25-11-13-28-14-12-25)18-7-5-17(2)6-8-18/h5-10,15,20H,4,11-14,16H2,1-3H3,(H,24,26)/p+1/t20-/m0/s1. The summed E-state index contributed by atoms with van der Waals surface area (Å²) in [5.74, 6) is 1.08. The normalized spacial score (nSPS) is 15.6. The van der Waals surface area contributed by atoms with Crippen molar-refractivity contribution in [2.24, 2.45) is 0 Å². The van der Waals surface area contributed by atoms with E-state index in [4.69, 9.17) is 14.2 Å². The number of morpholine rings is 1. The predicted octanol–water partition coefficient (Wildman–Crippen LogP) is 1.79. The van der Waals surface area contributed by atoms with E-state index in [1.54, 1.807) is 25.3 Å². The Labute approximate surface area is 172 Å². The van der Waals surface area contributed by atoms with Crippen LogP contribution in [0, 0.1) is 6.92 Å². The fraction of sp³-hybridized carbons (Fsp3) is 0.435. The van der Waals surface area contributed by atoms with Crippen LogP contribution in [0.1, 0.15) is 34.5 Å². The molecule has 0 bridgehead atoms. The van der Waals surface area contributed by atoms with E-state index < -0.39 is 0 Å². The van der Waals surface area contributed by atoms with E-state index in [2.05, 4.69) is 36.5 Å². The van der Waals surface area contributed by atoms with Crippen molar-refractivity contribution in [3.8, 4) is 11.5 Å². The van der Waals surface area contributed by atoms with Crippen LogP contribution in [0.15, 0.2) is 42.5 Å². The molecule has 3 rings (SSSR count). The van der Waals surface area contributed by atoms with E-state index >= 15 is 0 Å². The first kappa shape index (κ1) is 21.1. The zero-order valence-corrected chi connectivity index (χ0v) is 17.5. The maximum atomic E-state index is 13.0. The van der Waals surface area contributed by atoms with Gasteiger partial charge >= 0.3 is 0 Å². The minimum atomic E-state index is -0.121. The van der Waals surface area contributed by atoms with Gasteiger partial charge in [-0.2, -0.15) is 0 Å². The smallest absolute Gasteiger partial charge is 0.252 e. The van der Waals surface area contributed by atoms with Crippen molar-refractivity contribution in [3.63, 3.8) is 0 Å². The number of methoxy groups -OCH3 is 1. The molecule has 2 N–H and O–H groups in total. The summed E-state index contributed by atoms with van der Waals surface area (Å²) in [6.07, 6.45) is 0. The molecule has 1 saturated heterocycles. The third-order valence-electron chi connectivity index (χ3n) is 5.20. The predicted molar refractivity (Wildman–Crippen MR) is 112 cm³/mol. The van der Waals surface area contributed by atoms with Crippen molar-refractivity contribution < 1.29 is 23.9 Å². The van der Waals surface area contributed by atoms with Crippen LogP contribution in [-0.2, 0) is 4.74 Å². The van der Waals surface area contributed by atoms with E-state index in [1.807, 2.05) is 6.92 Å². The summed E-state index contributed by atoms with van der Waals surface area (Å²) in [5, 5.41) is 3.22. The first-order valence-corrected chi connectivity index (χ1v) is 10.2. The highest BCUT2D eigenvalue weighted by Crippen LogP contribution is 2.28. The Hall–Kier alpha value is -2.57. The molecule has 1 amide bonds. The number of carbonyl (C=O) groups excluding carboxylic acids is 1. The van der Waals surface area contributed by atoms with E-state index in [0.29, 0.717) is 23.7 Å². The lowest BCUT2D eigenvalue weighted by Gasteiger charge is -2.28. The Bertz CT molecular complexity index is 801. The zero-order valence-electron chi connectivity index (χ0n) is 17.5. The largest absolute Gasteiger partial charge is 0.493 e. The first-order chi connectivity index (χ1) is 14.1. The van der Waals surface area contributed by atoms with Gasteiger partial charge in [-0.05, 0) is 37.6 Å².